The molecule has 0 saturated carbocycles. The van der Waals surface area contributed by atoms with E-state index >= 15 is 0 Å². The van der Waals surface area contributed by atoms with Crippen molar-refractivity contribution in [3.05, 3.63) is 57.8 Å². The van der Waals surface area contributed by atoms with E-state index < -0.39 is 15.8 Å². The number of sulfonamides is 1. The van der Waals surface area contributed by atoms with E-state index in [9.17, 15) is 12.8 Å². The molecule has 0 amide bonds. The number of nitrogens with one attached hydrogen (secondary N) is 1. The highest BCUT2D eigenvalue weighted by Crippen LogP contribution is 2.24. The summed E-state index contributed by atoms with van der Waals surface area (Å²) in [6.07, 6.45) is 0. The molecule has 1 N–H and O–H groups in total. The Labute approximate surface area is 130 Å². The standard InChI is InChI=1S/C14H10BrFN2O2S/c1-9-2-3-10(8-17)6-14(9)21(19,20)18-13-5-4-11(15)7-12(13)16/h2-7,18H,1H3. The van der Waals surface area contributed by atoms with E-state index in [1.807, 2.05) is 6.07 Å². The van der Waals surface area contributed by atoms with Gasteiger partial charge in [0.05, 0.1) is 22.2 Å². The van der Waals surface area contributed by atoms with Crippen LogP contribution in [0.1, 0.15) is 11.1 Å². The first-order valence-electron chi connectivity index (χ1n) is 5.82. The molecule has 7 heteroatoms. The Morgan fingerprint density at radius 2 is 1.95 bits per heavy atom. The number of aryl methyl sites for hydroxylation is 1. The summed E-state index contributed by atoms with van der Waals surface area (Å²) in [5.41, 5.74) is 0.538. The average molecular weight is 369 g/mol. The van der Waals surface area contributed by atoms with Crippen molar-refractivity contribution in [1.29, 1.82) is 5.26 Å². The van der Waals surface area contributed by atoms with Gasteiger partial charge in [0.15, 0.2) is 0 Å². The number of benzene rings is 2. The molecular formula is C14H10BrFN2O2S. The van der Waals surface area contributed by atoms with Gasteiger partial charge in [-0.3, -0.25) is 4.72 Å². The lowest BCUT2D eigenvalue weighted by Gasteiger charge is -2.11. The van der Waals surface area contributed by atoms with E-state index in [0.717, 1.165) is 6.07 Å². The molecule has 0 radical (unpaired) electrons. The van der Waals surface area contributed by atoms with Gasteiger partial charge in [0.2, 0.25) is 0 Å². The molecule has 0 unspecified atom stereocenters. The Balaban J connectivity index is 2.46. The third kappa shape index (κ3) is 3.40. The molecule has 0 heterocycles. The van der Waals surface area contributed by atoms with Crippen molar-refractivity contribution in [2.24, 2.45) is 0 Å². The molecule has 0 fully saturated rings. The maximum absolute atomic E-state index is 13.7. The number of nitrogens with zero attached hydrogens (tertiary/aromatic N) is 1. The fourth-order valence-electron chi connectivity index (χ4n) is 1.73. The second-order valence-electron chi connectivity index (χ2n) is 4.32. The van der Waals surface area contributed by atoms with Crippen molar-refractivity contribution >= 4 is 31.6 Å². The number of rotatable bonds is 3. The molecule has 0 aromatic heterocycles. The Kier molecular flexibility index (Phi) is 4.30. The summed E-state index contributed by atoms with van der Waals surface area (Å²) in [6, 6.07) is 10.2. The lowest BCUT2D eigenvalue weighted by Crippen LogP contribution is -2.15. The van der Waals surface area contributed by atoms with Gasteiger partial charge >= 0.3 is 0 Å². The van der Waals surface area contributed by atoms with Crippen LogP contribution in [0.3, 0.4) is 0 Å². The highest BCUT2D eigenvalue weighted by atomic mass is 79.9. The fourth-order valence-corrected chi connectivity index (χ4v) is 3.40. The van der Waals surface area contributed by atoms with Crippen LogP contribution < -0.4 is 4.72 Å². The van der Waals surface area contributed by atoms with Gasteiger partial charge in [-0.25, -0.2) is 12.8 Å². The summed E-state index contributed by atoms with van der Waals surface area (Å²) in [4.78, 5) is -0.0520. The smallest absolute Gasteiger partial charge is 0.262 e. The molecule has 2 rings (SSSR count). The molecule has 21 heavy (non-hydrogen) atoms. The first-order chi connectivity index (χ1) is 9.83. The SMILES string of the molecule is Cc1ccc(C#N)cc1S(=O)(=O)Nc1ccc(Br)cc1F. The fraction of sp³-hybridized carbons (Fsp3) is 0.0714. The van der Waals surface area contributed by atoms with Crippen molar-refractivity contribution in [2.45, 2.75) is 11.8 Å². The number of nitriles is 1. The highest BCUT2D eigenvalue weighted by molar-refractivity contribution is 9.10. The van der Waals surface area contributed by atoms with Crippen LogP contribution in [0.4, 0.5) is 10.1 Å². The van der Waals surface area contributed by atoms with Crippen molar-refractivity contribution in [1.82, 2.24) is 0 Å². The Morgan fingerprint density at radius 1 is 1.24 bits per heavy atom. The Bertz CT molecular complexity index is 845. The lowest BCUT2D eigenvalue weighted by molar-refractivity contribution is 0.598. The molecule has 0 aliphatic rings. The van der Waals surface area contributed by atoms with Crippen LogP contribution in [0.5, 0.6) is 0 Å². The van der Waals surface area contributed by atoms with Gasteiger partial charge in [0.25, 0.3) is 10.0 Å². The molecule has 0 aliphatic carbocycles. The maximum Gasteiger partial charge on any atom is 0.262 e. The van der Waals surface area contributed by atoms with Crippen molar-refractivity contribution < 1.29 is 12.8 Å². The zero-order valence-corrected chi connectivity index (χ0v) is 13.3. The van der Waals surface area contributed by atoms with Crippen LogP contribution in [0.15, 0.2) is 45.8 Å². The maximum atomic E-state index is 13.7. The minimum Gasteiger partial charge on any atom is -0.277 e. The molecule has 0 saturated heterocycles. The monoisotopic (exact) mass is 368 g/mol. The zero-order valence-electron chi connectivity index (χ0n) is 10.9. The van der Waals surface area contributed by atoms with E-state index in [1.165, 1.54) is 30.3 Å². The Hall–Kier alpha value is -1.91. The minimum atomic E-state index is -3.97. The van der Waals surface area contributed by atoms with E-state index in [0.29, 0.717) is 10.0 Å². The van der Waals surface area contributed by atoms with E-state index in [4.69, 9.17) is 5.26 Å². The topological polar surface area (TPSA) is 70.0 Å². The van der Waals surface area contributed by atoms with Crippen LogP contribution in [-0.4, -0.2) is 8.42 Å². The molecule has 2 aromatic rings. The van der Waals surface area contributed by atoms with Crippen molar-refractivity contribution in [3.8, 4) is 6.07 Å². The van der Waals surface area contributed by atoms with Crippen molar-refractivity contribution in [3.63, 3.8) is 0 Å². The minimum absolute atomic E-state index is 0.0520. The van der Waals surface area contributed by atoms with Crippen LogP contribution >= 0.6 is 15.9 Å². The largest absolute Gasteiger partial charge is 0.277 e. The first-order valence-corrected chi connectivity index (χ1v) is 8.10. The van der Waals surface area contributed by atoms with Gasteiger partial charge in [-0.15, -0.1) is 0 Å². The van der Waals surface area contributed by atoms with E-state index in [1.54, 1.807) is 6.92 Å². The van der Waals surface area contributed by atoms with Gasteiger partial charge in [-0.05, 0) is 42.8 Å². The van der Waals surface area contributed by atoms with E-state index in [2.05, 4.69) is 20.7 Å². The summed E-state index contributed by atoms with van der Waals surface area (Å²) in [7, 11) is -3.97. The van der Waals surface area contributed by atoms with Crippen LogP contribution in [0.25, 0.3) is 0 Å². The molecule has 0 spiro atoms. The third-order valence-electron chi connectivity index (χ3n) is 2.78. The highest BCUT2D eigenvalue weighted by Gasteiger charge is 2.19. The van der Waals surface area contributed by atoms with E-state index in [-0.39, 0.29) is 16.1 Å². The molecular weight excluding hydrogens is 359 g/mol. The average Bonchev–Trinajstić information content (AvgIpc) is 2.42. The number of hydrogen-bond donors (Lipinski definition) is 1. The van der Waals surface area contributed by atoms with Crippen LogP contribution in [-0.2, 0) is 10.0 Å². The summed E-state index contributed by atoms with van der Waals surface area (Å²) in [5.74, 6) is -0.693. The van der Waals surface area contributed by atoms with Crippen molar-refractivity contribution in [2.75, 3.05) is 4.72 Å². The van der Waals surface area contributed by atoms with Gasteiger partial charge in [0.1, 0.15) is 5.82 Å². The number of halogens is 2. The van der Waals surface area contributed by atoms with Crippen LogP contribution in [0.2, 0.25) is 0 Å². The third-order valence-corrected chi connectivity index (χ3v) is 4.78. The summed E-state index contributed by atoms with van der Waals surface area (Å²) in [6.45, 7) is 1.60. The predicted molar refractivity (Wildman–Crippen MR) is 80.8 cm³/mol. The van der Waals surface area contributed by atoms with Gasteiger partial charge in [-0.1, -0.05) is 22.0 Å². The summed E-state index contributed by atoms with van der Waals surface area (Å²) < 4.78 is 41.1. The normalized spacial score (nSPS) is 11.0. The van der Waals surface area contributed by atoms with Gasteiger partial charge in [0, 0.05) is 4.47 Å². The molecule has 0 bridgehead atoms. The van der Waals surface area contributed by atoms with Gasteiger partial charge in [-0.2, -0.15) is 5.26 Å². The first kappa shape index (κ1) is 15.5. The number of hydrogen-bond acceptors (Lipinski definition) is 3. The predicted octanol–water partition coefficient (Wildman–Crippen LogP) is 3.57. The Morgan fingerprint density at radius 3 is 2.57 bits per heavy atom. The van der Waals surface area contributed by atoms with Crippen LogP contribution in [0, 0.1) is 24.1 Å². The molecule has 108 valence electrons. The second kappa shape index (κ2) is 5.84. The summed E-state index contributed by atoms with van der Waals surface area (Å²) in [5, 5.41) is 8.85. The quantitative estimate of drug-likeness (QED) is 0.899. The zero-order chi connectivity index (χ0) is 15.6. The lowest BCUT2D eigenvalue weighted by atomic mass is 10.2. The molecule has 4 nitrogen and oxygen atoms in total. The molecule has 0 atom stereocenters. The van der Waals surface area contributed by atoms with Gasteiger partial charge < -0.3 is 0 Å². The molecule has 0 aliphatic heterocycles. The summed E-state index contributed by atoms with van der Waals surface area (Å²) >= 11 is 3.10. The number of anilines is 1. The second-order valence-corrected chi connectivity index (χ2v) is 6.89. The molecule has 2 aromatic carbocycles.